The molecule has 1 aliphatic rings. The van der Waals surface area contributed by atoms with Gasteiger partial charge in [0.2, 0.25) is 0 Å². The van der Waals surface area contributed by atoms with Crippen LogP contribution >= 0.6 is 0 Å². The summed E-state index contributed by atoms with van der Waals surface area (Å²) in [4.78, 5) is 26.3. The van der Waals surface area contributed by atoms with E-state index in [1.165, 1.54) is 7.11 Å². The monoisotopic (exact) mass is 369 g/mol. The van der Waals surface area contributed by atoms with E-state index < -0.39 is 12.0 Å². The maximum Gasteiger partial charge on any atom is 0.305 e. The molecular formula is C21H23NO5. The van der Waals surface area contributed by atoms with Crippen LogP contribution in [0.1, 0.15) is 39.5 Å². The summed E-state index contributed by atoms with van der Waals surface area (Å²) in [5.41, 5.74) is 3.32. The van der Waals surface area contributed by atoms with Crippen LogP contribution in [-0.4, -0.2) is 42.6 Å². The number of aryl methyl sites for hydroxylation is 1. The van der Waals surface area contributed by atoms with E-state index in [2.05, 4.69) is 0 Å². The Kier molecular flexibility index (Phi) is 5.35. The van der Waals surface area contributed by atoms with Crippen LogP contribution < -0.4 is 9.47 Å². The number of ether oxygens (including phenoxy) is 2. The Hall–Kier alpha value is -3.02. The number of hydrogen-bond acceptors (Lipinski definition) is 4. The molecule has 1 atom stereocenters. The quantitative estimate of drug-likeness (QED) is 0.876. The molecule has 0 aliphatic carbocycles. The number of carbonyl (C=O) groups is 2. The molecule has 1 heterocycles. The second kappa shape index (κ2) is 7.70. The zero-order valence-electron chi connectivity index (χ0n) is 15.7. The number of aliphatic carboxylic acids is 1. The van der Waals surface area contributed by atoms with Crippen LogP contribution in [0.2, 0.25) is 0 Å². The summed E-state index contributed by atoms with van der Waals surface area (Å²) in [7, 11) is 3.10. The standard InChI is InChI=1S/C21H23NO5/c1-13-5-4-6-15(9-13)21(25)22-8-7-14-10-18(26-2)19(27-3)11-16(14)17(22)12-20(23)24/h4-6,9-11,17H,7-8,12H2,1-3H3,(H,23,24). The second-order valence-electron chi connectivity index (χ2n) is 6.64. The number of carbonyl (C=O) groups excluding carboxylic acids is 1. The van der Waals surface area contributed by atoms with Gasteiger partial charge in [-0.1, -0.05) is 17.7 Å². The Balaban J connectivity index is 2.04. The fraction of sp³-hybridized carbons (Fsp3) is 0.333. The average molecular weight is 369 g/mol. The third-order valence-electron chi connectivity index (χ3n) is 4.90. The maximum absolute atomic E-state index is 13.1. The van der Waals surface area contributed by atoms with Crippen LogP contribution in [0, 0.1) is 6.92 Å². The molecule has 27 heavy (non-hydrogen) atoms. The molecule has 2 aromatic rings. The van der Waals surface area contributed by atoms with Gasteiger partial charge in [0.05, 0.1) is 26.7 Å². The maximum atomic E-state index is 13.1. The Bertz CT molecular complexity index is 877. The number of amides is 1. The van der Waals surface area contributed by atoms with Crippen molar-refractivity contribution < 1.29 is 24.2 Å². The molecule has 3 rings (SSSR count). The first-order valence-corrected chi connectivity index (χ1v) is 8.78. The van der Waals surface area contributed by atoms with Crippen LogP contribution in [0.25, 0.3) is 0 Å². The Morgan fingerprint density at radius 1 is 1.15 bits per heavy atom. The summed E-state index contributed by atoms with van der Waals surface area (Å²) in [6.07, 6.45) is 0.462. The number of benzene rings is 2. The molecule has 1 unspecified atom stereocenters. The number of methoxy groups -OCH3 is 2. The minimum Gasteiger partial charge on any atom is -0.493 e. The van der Waals surface area contributed by atoms with Crippen molar-refractivity contribution in [2.24, 2.45) is 0 Å². The molecule has 0 saturated heterocycles. The highest BCUT2D eigenvalue weighted by Gasteiger charge is 2.34. The van der Waals surface area contributed by atoms with E-state index in [-0.39, 0.29) is 12.3 Å². The van der Waals surface area contributed by atoms with Crippen molar-refractivity contribution in [1.82, 2.24) is 4.90 Å². The molecule has 6 nitrogen and oxygen atoms in total. The molecule has 0 spiro atoms. The predicted octanol–water partition coefficient (Wildman–Crippen LogP) is 3.23. The fourth-order valence-electron chi connectivity index (χ4n) is 3.60. The van der Waals surface area contributed by atoms with Crippen molar-refractivity contribution in [2.75, 3.05) is 20.8 Å². The highest BCUT2D eigenvalue weighted by molar-refractivity contribution is 5.95. The summed E-state index contributed by atoms with van der Waals surface area (Å²) in [5, 5.41) is 9.44. The molecular weight excluding hydrogens is 346 g/mol. The number of carboxylic acids is 1. The first kappa shape index (κ1) is 18.8. The molecule has 0 fully saturated rings. The summed E-state index contributed by atoms with van der Waals surface area (Å²) in [6, 6.07) is 10.4. The molecule has 0 aromatic heterocycles. The zero-order valence-corrected chi connectivity index (χ0v) is 15.7. The molecule has 0 bridgehead atoms. The molecule has 1 amide bonds. The SMILES string of the molecule is COc1cc2c(cc1OC)C(CC(=O)O)N(C(=O)c1cccc(C)c1)CC2. The number of nitrogens with zero attached hydrogens (tertiary/aromatic N) is 1. The lowest BCUT2D eigenvalue weighted by Gasteiger charge is -2.37. The van der Waals surface area contributed by atoms with Gasteiger partial charge in [-0.3, -0.25) is 9.59 Å². The van der Waals surface area contributed by atoms with E-state index in [0.29, 0.717) is 30.0 Å². The summed E-state index contributed by atoms with van der Waals surface area (Å²) >= 11 is 0. The van der Waals surface area contributed by atoms with E-state index >= 15 is 0 Å². The highest BCUT2D eigenvalue weighted by Crippen LogP contribution is 2.40. The summed E-state index contributed by atoms with van der Waals surface area (Å²) in [5.74, 6) is 0.00958. The van der Waals surface area contributed by atoms with Crippen molar-refractivity contribution in [3.8, 4) is 11.5 Å². The predicted molar refractivity (Wildman–Crippen MR) is 100 cm³/mol. The van der Waals surface area contributed by atoms with Crippen LogP contribution in [0.5, 0.6) is 11.5 Å². The molecule has 0 radical (unpaired) electrons. The molecule has 0 saturated carbocycles. The average Bonchev–Trinajstić information content (AvgIpc) is 2.66. The van der Waals surface area contributed by atoms with Gasteiger partial charge in [-0.05, 0) is 48.7 Å². The highest BCUT2D eigenvalue weighted by atomic mass is 16.5. The number of hydrogen-bond donors (Lipinski definition) is 1. The molecule has 1 aliphatic heterocycles. The second-order valence-corrected chi connectivity index (χ2v) is 6.64. The zero-order chi connectivity index (χ0) is 19.6. The summed E-state index contributed by atoms with van der Waals surface area (Å²) in [6.45, 7) is 2.38. The smallest absolute Gasteiger partial charge is 0.305 e. The molecule has 142 valence electrons. The van der Waals surface area contributed by atoms with Gasteiger partial charge in [0.1, 0.15) is 0 Å². The van der Waals surface area contributed by atoms with Crippen LogP contribution in [0.15, 0.2) is 36.4 Å². The van der Waals surface area contributed by atoms with Crippen LogP contribution in [0.3, 0.4) is 0 Å². The fourth-order valence-corrected chi connectivity index (χ4v) is 3.60. The van der Waals surface area contributed by atoms with E-state index in [1.54, 1.807) is 24.1 Å². The van der Waals surface area contributed by atoms with Crippen molar-refractivity contribution in [3.05, 3.63) is 58.7 Å². The summed E-state index contributed by atoms with van der Waals surface area (Å²) < 4.78 is 10.7. The van der Waals surface area contributed by atoms with E-state index in [4.69, 9.17) is 9.47 Å². The number of fused-ring (bicyclic) bond motifs is 1. The van der Waals surface area contributed by atoms with E-state index in [9.17, 15) is 14.7 Å². The lowest BCUT2D eigenvalue weighted by Crippen LogP contribution is -2.41. The van der Waals surface area contributed by atoms with Gasteiger partial charge < -0.3 is 19.5 Å². The van der Waals surface area contributed by atoms with E-state index in [1.807, 2.05) is 31.2 Å². The minimum absolute atomic E-state index is 0.162. The van der Waals surface area contributed by atoms with Crippen molar-refractivity contribution >= 4 is 11.9 Å². The van der Waals surface area contributed by atoms with Crippen LogP contribution in [0.4, 0.5) is 0 Å². The van der Waals surface area contributed by atoms with Gasteiger partial charge in [0.15, 0.2) is 11.5 Å². The number of carboxylic acid groups (broad SMARTS) is 1. The largest absolute Gasteiger partial charge is 0.493 e. The molecule has 1 N–H and O–H groups in total. The van der Waals surface area contributed by atoms with Crippen molar-refractivity contribution in [1.29, 1.82) is 0 Å². The van der Waals surface area contributed by atoms with Gasteiger partial charge >= 0.3 is 5.97 Å². The Morgan fingerprint density at radius 2 is 1.85 bits per heavy atom. The van der Waals surface area contributed by atoms with E-state index in [0.717, 1.165) is 16.7 Å². The molecule has 2 aromatic carbocycles. The van der Waals surface area contributed by atoms with Gasteiger partial charge in [0.25, 0.3) is 5.91 Å². The third kappa shape index (κ3) is 3.74. The van der Waals surface area contributed by atoms with Gasteiger partial charge in [-0.25, -0.2) is 0 Å². The van der Waals surface area contributed by atoms with Gasteiger partial charge in [-0.15, -0.1) is 0 Å². The first-order valence-electron chi connectivity index (χ1n) is 8.78. The minimum atomic E-state index is -0.954. The van der Waals surface area contributed by atoms with Crippen molar-refractivity contribution in [2.45, 2.75) is 25.8 Å². The molecule has 6 heteroatoms. The number of rotatable bonds is 5. The Morgan fingerprint density at radius 3 is 2.48 bits per heavy atom. The normalized spacial score (nSPS) is 15.8. The van der Waals surface area contributed by atoms with Crippen molar-refractivity contribution in [3.63, 3.8) is 0 Å². The first-order chi connectivity index (χ1) is 12.9. The third-order valence-corrected chi connectivity index (χ3v) is 4.90. The Labute approximate surface area is 158 Å². The lowest BCUT2D eigenvalue weighted by molar-refractivity contribution is -0.138. The van der Waals surface area contributed by atoms with Gasteiger partial charge in [-0.2, -0.15) is 0 Å². The lowest BCUT2D eigenvalue weighted by atomic mass is 9.89. The topological polar surface area (TPSA) is 76.1 Å². The van der Waals surface area contributed by atoms with Gasteiger partial charge in [0, 0.05) is 12.1 Å². The van der Waals surface area contributed by atoms with Crippen LogP contribution in [-0.2, 0) is 11.2 Å².